The van der Waals surface area contributed by atoms with Gasteiger partial charge in [-0.1, -0.05) is 42.1 Å². The molecule has 0 amide bonds. The summed E-state index contributed by atoms with van der Waals surface area (Å²) in [6.07, 6.45) is 0. The molecule has 3 heterocycles. The molecule has 8 heteroatoms. The Balaban J connectivity index is 1.49. The predicted octanol–water partition coefficient (Wildman–Crippen LogP) is 4.55. The standard InChI is InChI=1S/C21H16N4O3S/c1-25-15-5-3-2-4-13(15)14-7-6-12(10-16(14)25)17-8-9-18(28-17)20-22-21(24-23-20)29-11-19(26)27/h2-10H,11H2,1H3,(H,26,27)(H,22,23,24). The molecule has 3 aromatic heterocycles. The van der Waals surface area contributed by atoms with Crippen molar-refractivity contribution in [3.63, 3.8) is 0 Å². The first-order chi connectivity index (χ1) is 14.1. The second-order valence-electron chi connectivity index (χ2n) is 6.63. The van der Waals surface area contributed by atoms with Crippen LogP contribution in [0.5, 0.6) is 0 Å². The summed E-state index contributed by atoms with van der Waals surface area (Å²) in [5.74, 6) is 0.755. The molecular weight excluding hydrogens is 388 g/mol. The number of H-pyrrole nitrogens is 1. The predicted molar refractivity (Wildman–Crippen MR) is 112 cm³/mol. The Kier molecular flexibility index (Phi) is 4.13. The van der Waals surface area contributed by atoms with Gasteiger partial charge in [0.05, 0.1) is 5.75 Å². The molecule has 0 bridgehead atoms. The SMILES string of the molecule is Cn1c2ccccc2c2ccc(-c3ccc(-c4nnc(SCC(=O)O)[nH]4)o3)cc21. The maximum atomic E-state index is 10.7. The third-order valence-corrected chi connectivity index (χ3v) is 5.69. The number of aromatic amines is 1. The van der Waals surface area contributed by atoms with Crippen molar-refractivity contribution in [1.82, 2.24) is 19.7 Å². The number of nitrogens with one attached hydrogen (secondary N) is 1. The van der Waals surface area contributed by atoms with Crippen molar-refractivity contribution < 1.29 is 14.3 Å². The number of carboxylic acids is 1. The molecule has 2 aromatic carbocycles. The first-order valence-corrected chi connectivity index (χ1v) is 9.94. The minimum atomic E-state index is -0.906. The van der Waals surface area contributed by atoms with Crippen LogP contribution in [0.1, 0.15) is 0 Å². The number of nitrogens with zero attached hydrogens (tertiary/aromatic N) is 3. The van der Waals surface area contributed by atoms with E-state index in [1.165, 1.54) is 16.3 Å². The van der Waals surface area contributed by atoms with Crippen LogP contribution in [0.4, 0.5) is 0 Å². The van der Waals surface area contributed by atoms with Crippen LogP contribution in [0.25, 0.3) is 44.7 Å². The number of fused-ring (bicyclic) bond motifs is 3. The summed E-state index contributed by atoms with van der Waals surface area (Å²) in [6.45, 7) is 0. The minimum Gasteiger partial charge on any atom is -0.481 e. The summed E-state index contributed by atoms with van der Waals surface area (Å²) < 4.78 is 8.17. The van der Waals surface area contributed by atoms with Gasteiger partial charge in [0, 0.05) is 34.4 Å². The lowest BCUT2D eigenvalue weighted by molar-refractivity contribution is -0.133. The zero-order valence-electron chi connectivity index (χ0n) is 15.4. The number of benzene rings is 2. The van der Waals surface area contributed by atoms with Crippen molar-refractivity contribution in [2.24, 2.45) is 7.05 Å². The lowest BCUT2D eigenvalue weighted by atomic mass is 10.1. The number of hydrogen-bond acceptors (Lipinski definition) is 5. The third-order valence-electron chi connectivity index (χ3n) is 4.84. The molecule has 0 spiro atoms. The minimum absolute atomic E-state index is 0.0803. The lowest BCUT2D eigenvalue weighted by Crippen LogP contribution is -1.97. The molecule has 2 N–H and O–H groups in total. The molecule has 0 unspecified atom stereocenters. The number of hydrogen-bond donors (Lipinski definition) is 2. The molecule has 7 nitrogen and oxygen atoms in total. The van der Waals surface area contributed by atoms with E-state index in [2.05, 4.69) is 57.1 Å². The summed E-state index contributed by atoms with van der Waals surface area (Å²) in [5, 5.41) is 19.6. The van der Waals surface area contributed by atoms with Crippen LogP contribution in [0.15, 0.2) is 64.2 Å². The Bertz CT molecular complexity index is 1370. The number of carboxylic acid groups (broad SMARTS) is 1. The molecule has 0 saturated heterocycles. The van der Waals surface area contributed by atoms with Crippen molar-refractivity contribution in [3.8, 4) is 22.9 Å². The molecule has 29 heavy (non-hydrogen) atoms. The van der Waals surface area contributed by atoms with Gasteiger partial charge in [0.15, 0.2) is 16.7 Å². The van der Waals surface area contributed by atoms with Crippen LogP contribution in [0.2, 0.25) is 0 Å². The largest absolute Gasteiger partial charge is 0.481 e. The fourth-order valence-corrected chi connectivity index (χ4v) is 4.01. The Morgan fingerprint density at radius 2 is 1.86 bits per heavy atom. The Morgan fingerprint density at radius 1 is 1.07 bits per heavy atom. The highest BCUT2D eigenvalue weighted by atomic mass is 32.2. The van der Waals surface area contributed by atoms with Crippen molar-refractivity contribution in [3.05, 3.63) is 54.6 Å². The van der Waals surface area contributed by atoms with Gasteiger partial charge in [-0.05, 0) is 24.3 Å². The van der Waals surface area contributed by atoms with E-state index < -0.39 is 5.97 Å². The van der Waals surface area contributed by atoms with Gasteiger partial charge >= 0.3 is 5.97 Å². The van der Waals surface area contributed by atoms with E-state index in [1.54, 1.807) is 0 Å². The lowest BCUT2D eigenvalue weighted by Gasteiger charge is -2.01. The molecule has 0 saturated carbocycles. The molecule has 0 aliphatic heterocycles. The molecule has 5 rings (SSSR count). The highest BCUT2D eigenvalue weighted by Gasteiger charge is 2.14. The maximum Gasteiger partial charge on any atom is 0.313 e. The zero-order valence-corrected chi connectivity index (χ0v) is 16.2. The molecule has 5 aromatic rings. The number of rotatable bonds is 5. The number of para-hydroxylation sites is 1. The van der Waals surface area contributed by atoms with Gasteiger partial charge in [-0.2, -0.15) is 0 Å². The normalized spacial score (nSPS) is 11.5. The van der Waals surface area contributed by atoms with Crippen LogP contribution in [-0.4, -0.2) is 36.6 Å². The summed E-state index contributed by atoms with van der Waals surface area (Å²) >= 11 is 1.08. The number of aryl methyl sites for hydroxylation is 1. The average molecular weight is 404 g/mol. The van der Waals surface area contributed by atoms with Crippen LogP contribution in [0, 0.1) is 0 Å². The van der Waals surface area contributed by atoms with Gasteiger partial charge in [0.2, 0.25) is 0 Å². The van der Waals surface area contributed by atoms with Crippen molar-refractivity contribution >= 4 is 39.5 Å². The molecule has 0 radical (unpaired) electrons. The van der Waals surface area contributed by atoms with Gasteiger partial charge < -0.3 is 19.1 Å². The second kappa shape index (κ2) is 6.82. The number of aromatic nitrogens is 4. The molecular formula is C21H16N4O3S. The van der Waals surface area contributed by atoms with Crippen molar-refractivity contribution in [1.29, 1.82) is 0 Å². The Labute approximate surface area is 169 Å². The van der Waals surface area contributed by atoms with Gasteiger partial charge in [-0.15, -0.1) is 10.2 Å². The second-order valence-corrected chi connectivity index (χ2v) is 7.60. The summed E-state index contributed by atoms with van der Waals surface area (Å²) in [5.41, 5.74) is 3.29. The van der Waals surface area contributed by atoms with Gasteiger partial charge in [-0.25, -0.2) is 0 Å². The number of aliphatic carboxylic acids is 1. The van der Waals surface area contributed by atoms with E-state index in [0.717, 1.165) is 28.6 Å². The first kappa shape index (κ1) is 17.6. The van der Waals surface area contributed by atoms with Crippen LogP contribution in [-0.2, 0) is 11.8 Å². The maximum absolute atomic E-state index is 10.7. The van der Waals surface area contributed by atoms with Gasteiger partial charge in [0.25, 0.3) is 0 Å². The highest BCUT2D eigenvalue weighted by Crippen LogP contribution is 2.33. The fourth-order valence-electron chi connectivity index (χ4n) is 3.49. The van der Waals surface area contributed by atoms with E-state index in [0.29, 0.717) is 16.7 Å². The van der Waals surface area contributed by atoms with Crippen LogP contribution < -0.4 is 0 Å². The number of thioether (sulfide) groups is 1. The van der Waals surface area contributed by atoms with E-state index in [1.807, 2.05) is 24.3 Å². The molecule has 0 aliphatic carbocycles. The van der Waals surface area contributed by atoms with E-state index >= 15 is 0 Å². The van der Waals surface area contributed by atoms with E-state index in [4.69, 9.17) is 9.52 Å². The smallest absolute Gasteiger partial charge is 0.313 e. The average Bonchev–Trinajstić information content (AvgIpc) is 3.45. The molecule has 144 valence electrons. The Morgan fingerprint density at radius 3 is 2.72 bits per heavy atom. The highest BCUT2D eigenvalue weighted by molar-refractivity contribution is 7.99. The van der Waals surface area contributed by atoms with Crippen molar-refractivity contribution in [2.45, 2.75) is 5.16 Å². The third kappa shape index (κ3) is 3.07. The summed E-state index contributed by atoms with van der Waals surface area (Å²) in [4.78, 5) is 13.7. The zero-order chi connectivity index (χ0) is 20.0. The van der Waals surface area contributed by atoms with Gasteiger partial charge in [-0.3, -0.25) is 4.79 Å². The van der Waals surface area contributed by atoms with Crippen LogP contribution >= 0.6 is 11.8 Å². The molecule has 0 atom stereocenters. The molecule has 0 aliphatic rings. The number of furan rings is 1. The van der Waals surface area contributed by atoms with E-state index in [-0.39, 0.29) is 5.75 Å². The first-order valence-electron chi connectivity index (χ1n) is 8.95. The fraction of sp³-hybridized carbons (Fsp3) is 0.0952. The topological polar surface area (TPSA) is 96.9 Å². The number of carbonyl (C=O) groups is 1. The Hall–Kier alpha value is -3.52. The van der Waals surface area contributed by atoms with Crippen LogP contribution in [0.3, 0.4) is 0 Å². The monoisotopic (exact) mass is 404 g/mol. The quantitative estimate of drug-likeness (QED) is 0.417. The summed E-state index contributed by atoms with van der Waals surface area (Å²) in [6, 6.07) is 18.3. The van der Waals surface area contributed by atoms with Crippen molar-refractivity contribution in [2.75, 3.05) is 5.75 Å². The van der Waals surface area contributed by atoms with Gasteiger partial charge in [0.1, 0.15) is 5.76 Å². The summed E-state index contributed by atoms with van der Waals surface area (Å²) in [7, 11) is 2.06. The molecule has 0 fully saturated rings. The van der Waals surface area contributed by atoms with E-state index in [9.17, 15) is 4.79 Å².